The zero-order valence-corrected chi connectivity index (χ0v) is 11.3. The Kier molecular flexibility index (Phi) is 3.62. The molecule has 3 aromatic rings. The largest absolute Gasteiger partial charge is 0.341 e. The zero-order valence-electron chi connectivity index (χ0n) is 10.5. The van der Waals surface area contributed by atoms with Crippen LogP contribution in [0.5, 0.6) is 0 Å². The van der Waals surface area contributed by atoms with E-state index in [9.17, 15) is 4.39 Å². The van der Waals surface area contributed by atoms with Crippen LogP contribution >= 0.6 is 11.8 Å². The lowest BCUT2D eigenvalue weighted by Gasteiger charge is -2.09. The van der Waals surface area contributed by atoms with E-state index in [0.717, 1.165) is 5.56 Å². The molecule has 0 saturated carbocycles. The van der Waals surface area contributed by atoms with E-state index in [0.29, 0.717) is 34.1 Å². The van der Waals surface area contributed by atoms with Crippen LogP contribution in [0.25, 0.3) is 11.2 Å². The van der Waals surface area contributed by atoms with Crippen molar-refractivity contribution in [2.45, 2.75) is 16.3 Å². The van der Waals surface area contributed by atoms with Crippen molar-refractivity contribution in [3.8, 4) is 0 Å². The normalized spacial score (nSPS) is 11.1. The summed E-state index contributed by atoms with van der Waals surface area (Å²) in [5.74, 6) is -0.271. The van der Waals surface area contributed by atoms with E-state index in [1.165, 1.54) is 24.2 Å². The Morgan fingerprint density at radius 1 is 1.25 bits per heavy atom. The fraction of sp³-hybridized carbons (Fsp3) is 0.154. The number of hydrogen-bond acceptors (Lipinski definition) is 5. The predicted octanol–water partition coefficient (Wildman–Crippen LogP) is 2.14. The fourth-order valence-corrected chi connectivity index (χ4v) is 2.95. The minimum absolute atomic E-state index is 0.271. The molecule has 3 rings (SSSR count). The number of imidazole rings is 1. The molecule has 0 amide bonds. The predicted molar refractivity (Wildman–Crippen MR) is 75.0 cm³/mol. The van der Waals surface area contributed by atoms with Gasteiger partial charge in [-0.1, -0.05) is 23.9 Å². The Balaban J connectivity index is 2.05. The van der Waals surface area contributed by atoms with Gasteiger partial charge in [0.05, 0.1) is 11.2 Å². The summed E-state index contributed by atoms with van der Waals surface area (Å²) < 4.78 is 14.1. The number of nitrogens with zero attached hydrogens (tertiary/aromatic N) is 3. The number of aromatic amines is 1. The van der Waals surface area contributed by atoms with Gasteiger partial charge in [-0.05, 0) is 24.6 Å². The second-order valence-corrected chi connectivity index (χ2v) is 5.15. The maximum atomic E-state index is 14.1. The van der Waals surface area contributed by atoms with Gasteiger partial charge in [0, 0.05) is 0 Å². The second-order valence-electron chi connectivity index (χ2n) is 4.15. The lowest BCUT2D eigenvalue weighted by molar-refractivity contribution is 0.596. The maximum absolute atomic E-state index is 14.1. The van der Waals surface area contributed by atoms with Gasteiger partial charge in [-0.3, -0.25) is 0 Å². The summed E-state index contributed by atoms with van der Waals surface area (Å²) in [4.78, 5) is 15.8. The topological polar surface area (TPSA) is 80.5 Å². The van der Waals surface area contributed by atoms with E-state index >= 15 is 0 Å². The number of fused-ring (bicyclic) bond motifs is 1. The summed E-state index contributed by atoms with van der Waals surface area (Å²) >= 11 is 1.26. The Morgan fingerprint density at radius 3 is 3.00 bits per heavy atom. The van der Waals surface area contributed by atoms with Crippen LogP contribution in [0.2, 0.25) is 0 Å². The molecule has 0 fully saturated rings. The molecule has 2 aromatic heterocycles. The highest BCUT2D eigenvalue weighted by molar-refractivity contribution is 7.99. The summed E-state index contributed by atoms with van der Waals surface area (Å²) in [5.41, 5.74) is 7.73. The minimum atomic E-state index is -0.271. The number of aromatic nitrogens is 4. The van der Waals surface area contributed by atoms with Crippen LogP contribution < -0.4 is 5.73 Å². The van der Waals surface area contributed by atoms with Crippen molar-refractivity contribution in [2.24, 2.45) is 5.73 Å². The van der Waals surface area contributed by atoms with Crippen LogP contribution in [-0.2, 0) is 6.42 Å². The first-order valence-electron chi connectivity index (χ1n) is 6.09. The highest BCUT2D eigenvalue weighted by Crippen LogP contribution is 2.34. The van der Waals surface area contributed by atoms with E-state index in [4.69, 9.17) is 5.73 Å². The number of H-pyrrole nitrogens is 1. The SMILES string of the molecule is NCCc1cccc(F)c1Sc1ncnc2nc[nH]c12. The Hall–Kier alpha value is -1.99. The number of nitrogens with two attached hydrogens (primary N) is 1. The van der Waals surface area contributed by atoms with E-state index < -0.39 is 0 Å². The van der Waals surface area contributed by atoms with Crippen molar-refractivity contribution in [3.63, 3.8) is 0 Å². The first-order valence-corrected chi connectivity index (χ1v) is 6.90. The van der Waals surface area contributed by atoms with Crippen LogP contribution in [-0.4, -0.2) is 26.5 Å². The van der Waals surface area contributed by atoms with Crippen molar-refractivity contribution in [2.75, 3.05) is 6.54 Å². The van der Waals surface area contributed by atoms with E-state index in [-0.39, 0.29) is 5.82 Å². The molecule has 1 aromatic carbocycles. The Labute approximate surface area is 118 Å². The lowest BCUT2D eigenvalue weighted by Crippen LogP contribution is -2.04. The molecule has 3 N–H and O–H groups in total. The van der Waals surface area contributed by atoms with E-state index in [1.807, 2.05) is 6.07 Å². The molecular weight excluding hydrogens is 277 g/mol. The van der Waals surface area contributed by atoms with E-state index in [1.54, 1.807) is 12.4 Å². The molecule has 0 bridgehead atoms. The standard InChI is InChI=1S/C13H12FN5S/c14-9-3-1-2-8(4-5-15)11(9)20-13-10-12(17-6-16-10)18-7-19-13/h1-3,6-7H,4-5,15H2,(H,16,17,18,19). The van der Waals surface area contributed by atoms with Crippen molar-refractivity contribution in [1.82, 2.24) is 19.9 Å². The number of halogens is 1. The smallest absolute Gasteiger partial charge is 0.181 e. The Morgan fingerprint density at radius 2 is 2.15 bits per heavy atom. The average Bonchev–Trinajstić information content (AvgIpc) is 2.92. The first-order chi connectivity index (χ1) is 9.79. The highest BCUT2D eigenvalue weighted by atomic mass is 32.2. The number of rotatable bonds is 4. The lowest BCUT2D eigenvalue weighted by atomic mass is 10.1. The van der Waals surface area contributed by atoms with Gasteiger partial charge in [-0.2, -0.15) is 0 Å². The number of benzene rings is 1. The van der Waals surface area contributed by atoms with Gasteiger partial charge in [-0.25, -0.2) is 19.3 Å². The minimum Gasteiger partial charge on any atom is -0.341 e. The number of hydrogen-bond donors (Lipinski definition) is 2. The molecule has 0 saturated heterocycles. The van der Waals surface area contributed by atoms with Crippen LogP contribution in [0.15, 0.2) is 40.8 Å². The van der Waals surface area contributed by atoms with Gasteiger partial charge in [-0.15, -0.1) is 0 Å². The van der Waals surface area contributed by atoms with Crippen LogP contribution in [0.4, 0.5) is 4.39 Å². The number of nitrogens with one attached hydrogen (secondary N) is 1. The molecule has 20 heavy (non-hydrogen) atoms. The van der Waals surface area contributed by atoms with Gasteiger partial charge < -0.3 is 10.7 Å². The fourth-order valence-electron chi connectivity index (χ4n) is 1.94. The summed E-state index contributed by atoms with van der Waals surface area (Å²) in [7, 11) is 0. The van der Waals surface area contributed by atoms with Crippen molar-refractivity contribution in [1.29, 1.82) is 0 Å². The summed E-state index contributed by atoms with van der Waals surface area (Å²) in [6.07, 6.45) is 3.60. The molecular formula is C13H12FN5S. The third-order valence-electron chi connectivity index (χ3n) is 2.85. The molecule has 0 atom stereocenters. The van der Waals surface area contributed by atoms with Crippen molar-refractivity contribution >= 4 is 22.9 Å². The van der Waals surface area contributed by atoms with Crippen LogP contribution in [0.1, 0.15) is 5.56 Å². The molecule has 0 aliphatic carbocycles. The van der Waals surface area contributed by atoms with Gasteiger partial charge in [0.15, 0.2) is 5.65 Å². The Bertz CT molecular complexity index is 742. The molecule has 0 radical (unpaired) electrons. The van der Waals surface area contributed by atoms with Crippen molar-refractivity contribution < 1.29 is 4.39 Å². The molecule has 0 spiro atoms. The third kappa shape index (κ3) is 2.37. The van der Waals surface area contributed by atoms with Crippen LogP contribution in [0, 0.1) is 5.82 Å². The molecule has 2 heterocycles. The van der Waals surface area contributed by atoms with Crippen molar-refractivity contribution in [3.05, 3.63) is 42.2 Å². The molecule has 5 nitrogen and oxygen atoms in total. The summed E-state index contributed by atoms with van der Waals surface area (Å²) in [6.45, 7) is 0.472. The molecule has 0 aliphatic rings. The summed E-state index contributed by atoms with van der Waals surface area (Å²) in [6, 6.07) is 5.01. The molecule has 0 unspecified atom stereocenters. The molecule has 0 aliphatic heterocycles. The molecule has 7 heteroatoms. The third-order valence-corrected chi connectivity index (χ3v) is 4.01. The highest BCUT2D eigenvalue weighted by Gasteiger charge is 2.13. The first kappa shape index (κ1) is 13.0. The summed E-state index contributed by atoms with van der Waals surface area (Å²) in [5, 5.41) is 0.649. The second kappa shape index (κ2) is 5.56. The van der Waals surface area contributed by atoms with Gasteiger partial charge in [0.25, 0.3) is 0 Å². The molecule has 102 valence electrons. The average molecular weight is 289 g/mol. The van der Waals surface area contributed by atoms with Gasteiger partial charge >= 0.3 is 0 Å². The van der Waals surface area contributed by atoms with E-state index in [2.05, 4.69) is 19.9 Å². The monoisotopic (exact) mass is 289 g/mol. The van der Waals surface area contributed by atoms with Gasteiger partial charge in [0.2, 0.25) is 0 Å². The van der Waals surface area contributed by atoms with Crippen LogP contribution in [0.3, 0.4) is 0 Å². The quantitative estimate of drug-likeness (QED) is 0.719. The zero-order chi connectivity index (χ0) is 13.9. The maximum Gasteiger partial charge on any atom is 0.181 e. The van der Waals surface area contributed by atoms with Gasteiger partial charge in [0.1, 0.15) is 22.7 Å².